The lowest BCUT2D eigenvalue weighted by Gasteiger charge is -2.25. The van der Waals surface area contributed by atoms with Crippen LogP contribution < -0.4 is 4.74 Å². The zero-order valence-corrected chi connectivity index (χ0v) is 13.4. The van der Waals surface area contributed by atoms with E-state index in [9.17, 15) is 0 Å². The largest absolute Gasteiger partial charge is 0.497 e. The summed E-state index contributed by atoms with van der Waals surface area (Å²) in [6.07, 6.45) is 0. The van der Waals surface area contributed by atoms with Gasteiger partial charge in [0.2, 0.25) is 0 Å². The average molecular weight is 314 g/mol. The van der Waals surface area contributed by atoms with Crippen LogP contribution in [0, 0.1) is 11.8 Å². The molecule has 1 atom stereocenters. The molecule has 0 spiro atoms. The Morgan fingerprint density at radius 3 is 2.61 bits per heavy atom. The van der Waals surface area contributed by atoms with E-state index in [1.165, 1.54) is 5.56 Å². The molecule has 3 heteroatoms. The number of hydrogen-bond donors (Lipinski definition) is 0. The Morgan fingerprint density at radius 1 is 1.33 bits per heavy atom. The van der Waals surface area contributed by atoms with E-state index < -0.39 is 0 Å². The molecule has 0 aliphatic carbocycles. The van der Waals surface area contributed by atoms with Crippen LogP contribution in [0.25, 0.3) is 0 Å². The number of halogens is 1. The van der Waals surface area contributed by atoms with E-state index in [0.29, 0.717) is 11.8 Å². The number of methoxy groups -OCH3 is 1. The summed E-state index contributed by atoms with van der Waals surface area (Å²) in [6, 6.07) is 8.29. The quantitative estimate of drug-likeness (QED) is 0.710. The number of benzene rings is 1. The summed E-state index contributed by atoms with van der Waals surface area (Å²) in [5.74, 6) is 2.33. The Hall–Kier alpha value is -0.540. The summed E-state index contributed by atoms with van der Waals surface area (Å²) in [6.45, 7) is 6.64. The fourth-order valence-corrected chi connectivity index (χ4v) is 2.94. The number of ether oxygens (including phenoxy) is 1. The van der Waals surface area contributed by atoms with Crippen molar-refractivity contribution in [2.24, 2.45) is 11.8 Å². The van der Waals surface area contributed by atoms with E-state index in [2.05, 4.69) is 53.9 Å². The van der Waals surface area contributed by atoms with Gasteiger partial charge >= 0.3 is 0 Å². The molecule has 0 radical (unpaired) electrons. The molecule has 1 aromatic carbocycles. The SMILES string of the molecule is COc1cccc(CN(C)CC(CBr)C(C)C)c1. The lowest BCUT2D eigenvalue weighted by Crippen LogP contribution is -2.29. The number of hydrogen-bond acceptors (Lipinski definition) is 2. The number of rotatable bonds is 7. The third kappa shape index (κ3) is 4.99. The highest BCUT2D eigenvalue weighted by molar-refractivity contribution is 9.09. The fraction of sp³-hybridized carbons (Fsp3) is 0.600. The highest BCUT2D eigenvalue weighted by atomic mass is 79.9. The minimum atomic E-state index is 0.695. The summed E-state index contributed by atoms with van der Waals surface area (Å²) < 4.78 is 5.25. The van der Waals surface area contributed by atoms with Crippen LogP contribution in [0.4, 0.5) is 0 Å². The first kappa shape index (κ1) is 15.5. The fourth-order valence-electron chi connectivity index (χ4n) is 1.99. The Balaban J connectivity index is 2.55. The Kier molecular flexibility index (Phi) is 6.72. The molecule has 0 N–H and O–H groups in total. The predicted octanol–water partition coefficient (Wildman–Crippen LogP) is 3.79. The van der Waals surface area contributed by atoms with Crippen LogP contribution in [-0.2, 0) is 6.54 Å². The maximum atomic E-state index is 5.25. The van der Waals surface area contributed by atoms with Crippen molar-refractivity contribution in [2.75, 3.05) is 26.0 Å². The van der Waals surface area contributed by atoms with Crippen molar-refractivity contribution in [3.63, 3.8) is 0 Å². The number of alkyl halides is 1. The molecule has 0 saturated carbocycles. The minimum Gasteiger partial charge on any atom is -0.497 e. The molecule has 0 aliphatic rings. The van der Waals surface area contributed by atoms with Crippen molar-refractivity contribution < 1.29 is 4.74 Å². The van der Waals surface area contributed by atoms with Gasteiger partial charge in [-0.1, -0.05) is 41.9 Å². The monoisotopic (exact) mass is 313 g/mol. The van der Waals surface area contributed by atoms with Crippen LogP contribution in [0.15, 0.2) is 24.3 Å². The van der Waals surface area contributed by atoms with E-state index in [0.717, 1.165) is 24.2 Å². The molecule has 0 bridgehead atoms. The number of nitrogens with zero attached hydrogens (tertiary/aromatic N) is 1. The Morgan fingerprint density at radius 2 is 2.06 bits per heavy atom. The molecular formula is C15H24BrNO. The molecule has 0 fully saturated rings. The summed E-state index contributed by atoms with van der Waals surface area (Å²) >= 11 is 3.61. The molecule has 1 aromatic rings. The van der Waals surface area contributed by atoms with Gasteiger partial charge in [-0.3, -0.25) is 0 Å². The van der Waals surface area contributed by atoms with Crippen LogP contribution in [0.1, 0.15) is 19.4 Å². The third-order valence-corrected chi connectivity index (χ3v) is 4.11. The summed E-state index contributed by atoms with van der Waals surface area (Å²) in [5, 5.41) is 1.06. The van der Waals surface area contributed by atoms with Gasteiger partial charge in [-0.05, 0) is 36.6 Å². The molecular weight excluding hydrogens is 290 g/mol. The van der Waals surface area contributed by atoms with Crippen LogP contribution in [-0.4, -0.2) is 30.9 Å². The molecule has 0 saturated heterocycles. The molecule has 0 aliphatic heterocycles. The lowest BCUT2D eigenvalue weighted by atomic mass is 9.97. The topological polar surface area (TPSA) is 12.5 Å². The van der Waals surface area contributed by atoms with Gasteiger partial charge in [0.05, 0.1) is 7.11 Å². The van der Waals surface area contributed by atoms with Crippen LogP contribution >= 0.6 is 15.9 Å². The van der Waals surface area contributed by atoms with Gasteiger partial charge in [0.1, 0.15) is 5.75 Å². The van der Waals surface area contributed by atoms with Gasteiger partial charge in [0.25, 0.3) is 0 Å². The normalized spacial score (nSPS) is 13.1. The van der Waals surface area contributed by atoms with Gasteiger partial charge < -0.3 is 9.64 Å². The van der Waals surface area contributed by atoms with Crippen molar-refractivity contribution in [3.8, 4) is 5.75 Å². The van der Waals surface area contributed by atoms with Gasteiger partial charge in [-0.25, -0.2) is 0 Å². The molecule has 2 nitrogen and oxygen atoms in total. The molecule has 0 amide bonds. The maximum absolute atomic E-state index is 5.25. The highest BCUT2D eigenvalue weighted by Crippen LogP contribution is 2.17. The second-order valence-corrected chi connectivity index (χ2v) is 5.85. The van der Waals surface area contributed by atoms with Gasteiger partial charge in [0.15, 0.2) is 0 Å². The van der Waals surface area contributed by atoms with E-state index in [1.807, 2.05) is 12.1 Å². The smallest absolute Gasteiger partial charge is 0.119 e. The van der Waals surface area contributed by atoms with E-state index in [4.69, 9.17) is 4.74 Å². The standard InChI is InChI=1S/C15H24BrNO/c1-12(2)14(9-16)11-17(3)10-13-6-5-7-15(8-13)18-4/h5-8,12,14H,9-11H2,1-4H3. The summed E-state index contributed by atoms with van der Waals surface area (Å²) in [4.78, 5) is 2.38. The van der Waals surface area contributed by atoms with Crippen LogP contribution in [0.5, 0.6) is 5.75 Å². The Labute approximate surface area is 119 Å². The van der Waals surface area contributed by atoms with Crippen LogP contribution in [0.2, 0.25) is 0 Å². The van der Waals surface area contributed by atoms with E-state index in [1.54, 1.807) is 7.11 Å². The van der Waals surface area contributed by atoms with Crippen molar-refractivity contribution >= 4 is 15.9 Å². The lowest BCUT2D eigenvalue weighted by molar-refractivity contribution is 0.247. The van der Waals surface area contributed by atoms with E-state index >= 15 is 0 Å². The van der Waals surface area contributed by atoms with Gasteiger partial charge in [-0.2, -0.15) is 0 Å². The third-order valence-electron chi connectivity index (χ3n) is 3.27. The van der Waals surface area contributed by atoms with Crippen molar-refractivity contribution in [2.45, 2.75) is 20.4 Å². The molecule has 102 valence electrons. The predicted molar refractivity (Wildman–Crippen MR) is 81.5 cm³/mol. The van der Waals surface area contributed by atoms with Crippen LogP contribution in [0.3, 0.4) is 0 Å². The van der Waals surface area contributed by atoms with Crippen molar-refractivity contribution in [1.29, 1.82) is 0 Å². The first-order chi connectivity index (χ1) is 8.56. The zero-order chi connectivity index (χ0) is 13.5. The van der Waals surface area contributed by atoms with Gasteiger partial charge in [0, 0.05) is 18.4 Å². The summed E-state index contributed by atoms with van der Waals surface area (Å²) in [7, 11) is 3.89. The van der Waals surface area contributed by atoms with Crippen molar-refractivity contribution in [3.05, 3.63) is 29.8 Å². The first-order valence-electron chi connectivity index (χ1n) is 6.44. The van der Waals surface area contributed by atoms with Gasteiger partial charge in [-0.15, -0.1) is 0 Å². The van der Waals surface area contributed by atoms with Crippen molar-refractivity contribution in [1.82, 2.24) is 4.90 Å². The molecule has 0 heterocycles. The maximum Gasteiger partial charge on any atom is 0.119 e. The Bertz CT molecular complexity index is 354. The second-order valence-electron chi connectivity index (χ2n) is 5.21. The highest BCUT2D eigenvalue weighted by Gasteiger charge is 2.14. The minimum absolute atomic E-state index is 0.695. The molecule has 1 rings (SSSR count). The molecule has 18 heavy (non-hydrogen) atoms. The second kappa shape index (κ2) is 7.80. The summed E-state index contributed by atoms with van der Waals surface area (Å²) in [5.41, 5.74) is 1.30. The van der Waals surface area contributed by atoms with E-state index in [-0.39, 0.29) is 0 Å². The first-order valence-corrected chi connectivity index (χ1v) is 7.56. The zero-order valence-electron chi connectivity index (χ0n) is 11.8. The molecule has 1 unspecified atom stereocenters. The molecule has 0 aromatic heterocycles. The average Bonchev–Trinajstić information content (AvgIpc) is 2.35.